The van der Waals surface area contributed by atoms with E-state index in [1.807, 2.05) is 24.3 Å². The summed E-state index contributed by atoms with van der Waals surface area (Å²) >= 11 is 3.39. The second kappa shape index (κ2) is 8.00. The van der Waals surface area contributed by atoms with Crippen molar-refractivity contribution in [1.29, 1.82) is 0 Å². The Morgan fingerprint density at radius 1 is 1.21 bits per heavy atom. The van der Waals surface area contributed by atoms with Crippen molar-refractivity contribution < 1.29 is 14.2 Å². The molecular weight excluding hydrogens is 442 g/mol. The molecule has 0 radical (unpaired) electrons. The molecule has 10 heteroatoms. The maximum atomic E-state index is 12.7. The number of anilines is 1. The summed E-state index contributed by atoms with van der Waals surface area (Å²) in [7, 11) is 0. The number of likely N-dealkylation sites (tertiary alicyclic amines) is 1. The summed E-state index contributed by atoms with van der Waals surface area (Å²) in [6.45, 7) is 0.555. The molecule has 1 aromatic heterocycles. The number of rotatable bonds is 4. The van der Waals surface area contributed by atoms with Crippen molar-refractivity contribution in [3.8, 4) is 11.4 Å². The molecule has 1 N–H and O–H groups in total. The molecule has 1 unspecified atom stereocenters. The fraction of sp³-hybridized carbons (Fsp3) is 0.211. The van der Waals surface area contributed by atoms with E-state index in [2.05, 4.69) is 31.4 Å². The Bertz CT molecular complexity index is 1040. The first-order valence-electron chi connectivity index (χ1n) is 8.93. The third-order valence-corrected chi connectivity index (χ3v) is 5.20. The van der Waals surface area contributed by atoms with E-state index in [0.29, 0.717) is 23.9 Å². The molecule has 3 aromatic rings. The number of urea groups is 1. The van der Waals surface area contributed by atoms with Crippen LogP contribution in [0.15, 0.2) is 57.5 Å². The van der Waals surface area contributed by atoms with Crippen LogP contribution in [0.3, 0.4) is 0 Å². The van der Waals surface area contributed by atoms with Gasteiger partial charge in [-0.05, 0) is 49.2 Å². The minimum absolute atomic E-state index is 0.0339. The van der Waals surface area contributed by atoms with Gasteiger partial charge in [0.05, 0.1) is 4.92 Å². The van der Waals surface area contributed by atoms with Crippen LogP contribution < -0.4 is 5.32 Å². The number of nitro groups is 1. The fourth-order valence-electron chi connectivity index (χ4n) is 3.22. The Morgan fingerprint density at radius 2 is 1.93 bits per heavy atom. The highest BCUT2D eigenvalue weighted by molar-refractivity contribution is 9.10. The van der Waals surface area contributed by atoms with Gasteiger partial charge in [0.2, 0.25) is 11.7 Å². The first kappa shape index (κ1) is 19.1. The van der Waals surface area contributed by atoms with Crippen LogP contribution in [0.5, 0.6) is 0 Å². The van der Waals surface area contributed by atoms with Crippen molar-refractivity contribution in [3.05, 3.63) is 69.0 Å². The summed E-state index contributed by atoms with van der Waals surface area (Å²) in [4.78, 5) is 29.1. The van der Waals surface area contributed by atoms with E-state index in [-0.39, 0.29) is 17.8 Å². The molecule has 0 aliphatic carbocycles. The van der Waals surface area contributed by atoms with E-state index < -0.39 is 4.92 Å². The predicted molar refractivity (Wildman–Crippen MR) is 108 cm³/mol. The van der Waals surface area contributed by atoms with Gasteiger partial charge in [0.15, 0.2) is 0 Å². The molecule has 2 aromatic carbocycles. The Hall–Kier alpha value is -3.27. The lowest BCUT2D eigenvalue weighted by Crippen LogP contribution is -2.34. The molecule has 2 amide bonds. The zero-order chi connectivity index (χ0) is 20.4. The lowest BCUT2D eigenvalue weighted by Gasteiger charge is -2.22. The van der Waals surface area contributed by atoms with Crippen LogP contribution in [0.25, 0.3) is 11.4 Å². The minimum atomic E-state index is -0.485. The van der Waals surface area contributed by atoms with E-state index in [0.717, 1.165) is 22.9 Å². The molecule has 1 aliphatic rings. The van der Waals surface area contributed by atoms with Gasteiger partial charge < -0.3 is 14.7 Å². The van der Waals surface area contributed by atoms with Crippen LogP contribution in [0, 0.1) is 10.1 Å². The molecule has 1 aliphatic heterocycles. The van der Waals surface area contributed by atoms with Crippen LogP contribution in [0.2, 0.25) is 0 Å². The smallest absolute Gasteiger partial charge is 0.322 e. The van der Waals surface area contributed by atoms with Crippen molar-refractivity contribution in [1.82, 2.24) is 15.0 Å². The van der Waals surface area contributed by atoms with Crippen molar-refractivity contribution in [2.45, 2.75) is 18.9 Å². The van der Waals surface area contributed by atoms with Crippen LogP contribution in [-0.2, 0) is 0 Å². The highest BCUT2D eigenvalue weighted by atomic mass is 79.9. The Balaban J connectivity index is 1.48. The number of carbonyl (C=O) groups is 1. The number of halogens is 1. The third-order valence-electron chi connectivity index (χ3n) is 4.67. The minimum Gasteiger partial charge on any atom is -0.337 e. The van der Waals surface area contributed by atoms with Gasteiger partial charge in [-0.3, -0.25) is 10.1 Å². The number of aromatic nitrogens is 2. The first-order chi connectivity index (χ1) is 14.0. The number of carbonyl (C=O) groups excluding carboxylic acids is 1. The molecule has 0 bridgehead atoms. The standard InChI is InChI=1S/C19H16BrN5O4/c20-13-5-3-12(4-6-13)17-22-18(29-23-17)16-2-1-11-24(16)19(26)21-14-7-9-15(10-8-14)25(27)28/h3-10,16H,1-2,11H2,(H,21,26). The van der Waals surface area contributed by atoms with Gasteiger partial charge in [-0.25, -0.2) is 4.79 Å². The van der Waals surface area contributed by atoms with Gasteiger partial charge in [-0.15, -0.1) is 0 Å². The number of nitro benzene ring substituents is 1. The average molecular weight is 458 g/mol. The van der Waals surface area contributed by atoms with Gasteiger partial charge in [-0.1, -0.05) is 21.1 Å². The van der Waals surface area contributed by atoms with Crippen molar-refractivity contribution >= 4 is 33.3 Å². The van der Waals surface area contributed by atoms with Gasteiger partial charge in [0.25, 0.3) is 5.69 Å². The second-order valence-electron chi connectivity index (χ2n) is 6.55. The molecule has 29 heavy (non-hydrogen) atoms. The normalized spacial score (nSPS) is 16.0. The molecule has 1 saturated heterocycles. The monoisotopic (exact) mass is 457 g/mol. The fourth-order valence-corrected chi connectivity index (χ4v) is 3.48. The van der Waals surface area contributed by atoms with Gasteiger partial charge in [0.1, 0.15) is 6.04 Å². The van der Waals surface area contributed by atoms with E-state index in [9.17, 15) is 14.9 Å². The maximum Gasteiger partial charge on any atom is 0.322 e. The Kier molecular flexibility index (Phi) is 5.26. The van der Waals surface area contributed by atoms with Gasteiger partial charge >= 0.3 is 6.03 Å². The second-order valence-corrected chi connectivity index (χ2v) is 7.46. The number of nitrogens with one attached hydrogen (secondary N) is 1. The molecule has 2 heterocycles. The lowest BCUT2D eigenvalue weighted by molar-refractivity contribution is -0.384. The molecular formula is C19H16BrN5O4. The molecule has 1 fully saturated rings. The summed E-state index contributed by atoms with van der Waals surface area (Å²) in [6, 6.07) is 12.6. The zero-order valence-electron chi connectivity index (χ0n) is 15.1. The quantitative estimate of drug-likeness (QED) is 0.445. The number of amides is 2. The van der Waals surface area contributed by atoms with Crippen molar-refractivity contribution in [2.24, 2.45) is 0 Å². The summed E-state index contributed by atoms with van der Waals surface area (Å²) in [5, 5.41) is 17.6. The van der Waals surface area contributed by atoms with Crippen molar-refractivity contribution in [3.63, 3.8) is 0 Å². The molecule has 148 valence electrons. The molecule has 9 nitrogen and oxygen atoms in total. The summed E-state index contributed by atoms with van der Waals surface area (Å²) in [5.41, 5.74) is 1.27. The van der Waals surface area contributed by atoms with E-state index >= 15 is 0 Å². The summed E-state index contributed by atoms with van der Waals surface area (Å²) in [5.74, 6) is 0.856. The van der Waals surface area contributed by atoms with Crippen LogP contribution in [0.4, 0.5) is 16.2 Å². The number of hydrogen-bond acceptors (Lipinski definition) is 6. The number of non-ortho nitro benzene ring substituents is 1. The van der Waals surface area contributed by atoms with E-state index in [1.165, 1.54) is 24.3 Å². The van der Waals surface area contributed by atoms with Gasteiger partial charge in [0, 0.05) is 34.4 Å². The largest absolute Gasteiger partial charge is 0.337 e. The summed E-state index contributed by atoms with van der Waals surface area (Å²) in [6.07, 6.45) is 1.53. The molecule has 0 saturated carbocycles. The highest BCUT2D eigenvalue weighted by Gasteiger charge is 2.34. The van der Waals surface area contributed by atoms with Crippen LogP contribution in [-0.4, -0.2) is 32.5 Å². The van der Waals surface area contributed by atoms with E-state index in [4.69, 9.17) is 4.52 Å². The van der Waals surface area contributed by atoms with Crippen LogP contribution >= 0.6 is 15.9 Å². The molecule has 4 rings (SSSR count). The Labute approximate surface area is 174 Å². The predicted octanol–water partition coefficient (Wildman–Crippen LogP) is 4.78. The zero-order valence-corrected chi connectivity index (χ0v) is 16.7. The SMILES string of the molecule is O=C(Nc1ccc([N+](=O)[O-])cc1)N1CCCC1c1nc(-c2ccc(Br)cc2)no1. The highest BCUT2D eigenvalue weighted by Crippen LogP contribution is 2.32. The lowest BCUT2D eigenvalue weighted by atomic mass is 10.2. The van der Waals surface area contributed by atoms with Gasteiger partial charge in [-0.2, -0.15) is 4.98 Å². The van der Waals surface area contributed by atoms with Crippen LogP contribution in [0.1, 0.15) is 24.8 Å². The average Bonchev–Trinajstić information content (AvgIpc) is 3.38. The number of nitrogens with zero attached hydrogens (tertiary/aromatic N) is 4. The summed E-state index contributed by atoms with van der Waals surface area (Å²) < 4.78 is 6.39. The topological polar surface area (TPSA) is 114 Å². The molecule has 1 atom stereocenters. The third kappa shape index (κ3) is 4.11. The Morgan fingerprint density at radius 3 is 2.62 bits per heavy atom. The molecule has 0 spiro atoms. The van der Waals surface area contributed by atoms with Crippen molar-refractivity contribution in [2.75, 3.05) is 11.9 Å². The number of hydrogen-bond donors (Lipinski definition) is 1. The van der Waals surface area contributed by atoms with E-state index in [1.54, 1.807) is 4.90 Å². The maximum absolute atomic E-state index is 12.7. The first-order valence-corrected chi connectivity index (χ1v) is 9.72. The number of benzene rings is 2.